The zero-order chi connectivity index (χ0) is 31.6. The molecule has 0 unspecified atom stereocenters. The summed E-state index contributed by atoms with van der Waals surface area (Å²) in [4.78, 5) is 0. The van der Waals surface area contributed by atoms with E-state index in [1.54, 1.807) is 0 Å². The molecule has 2 nitrogen and oxygen atoms in total. The predicted octanol–water partition coefficient (Wildman–Crippen LogP) is 12.4. The van der Waals surface area contributed by atoms with Gasteiger partial charge in [-0.2, -0.15) is 0 Å². The monoisotopic (exact) mass is 610 g/mol. The lowest BCUT2D eigenvalue weighted by atomic mass is 9.92. The van der Waals surface area contributed by atoms with Crippen molar-refractivity contribution in [2.24, 2.45) is 0 Å². The van der Waals surface area contributed by atoms with Gasteiger partial charge in [0.05, 0.1) is 16.6 Å². The quantitative estimate of drug-likeness (QED) is 0.175. The van der Waals surface area contributed by atoms with Gasteiger partial charge in [-0.1, -0.05) is 140 Å². The lowest BCUT2D eigenvalue weighted by Crippen LogP contribution is -1.98. The predicted molar refractivity (Wildman–Crippen MR) is 203 cm³/mol. The van der Waals surface area contributed by atoms with Crippen LogP contribution in [-0.4, -0.2) is 9.13 Å². The highest BCUT2D eigenvalue weighted by molar-refractivity contribution is 6.20. The molecule has 0 saturated heterocycles. The van der Waals surface area contributed by atoms with Crippen LogP contribution in [0.5, 0.6) is 0 Å². The van der Waals surface area contributed by atoms with Crippen LogP contribution >= 0.6 is 0 Å². The second-order valence-electron chi connectivity index (χ2n) is 12.6. The summed E-state index contributed by atoms with van der Waals surface area (Å²) >= 11 is 0. The van der Waals surface area contributed by atoms with Crippen molar-refractivity contribution in [1.29, 1.82) is 0 Å². The van der Waals surface area contributed by atoms with Crippen LogP contribution in [0.2, 0.25) is 0 Å². The van der Waals surface area contributed by atoms with Crippen molar-refractivity contribution in [2.45, 2.75) is 0 Å². The maximum Gasteiger partial charge on any atom is 0.0788 e. The first-order valence-corrected chi connectivity index (χ1v) is 16.5. The summed E-state index contributed by atoms with van der Waals surface area (Å²) in [5, 5.41) is 8.80. The summed E-state index contributed by atoms with van der Waals surface area (Å²) in [6, 6.07) is 63.9. The van der Waals surface area contributed by atoms with E-state index in [1.165, 1.54) is 76.5 Å². The molecule has 2 heteroatoms. The van der Waals surface area contributed by atoms with Crippen LogP contribution in [0.3, 0.4) is 0 Å². The fourth-order valence-corrected chi connectivity index (χ4v) is 7.77. The summed E-state index contributed by atoms with van der Waals surface area (Å²) in [6.07, 6.45) is 2.31. The minimum atomic E-state index is 1.14. The van der Waals surface area contributed by atoms with Crippen LogP contribution in [0.1, 0.15) is 0 Å². The third kappa shape index (κ3) is 4.00. The van der Waals surface area contributed by atoms with Gasteiger partial charge in [0.25, 0.3) is 0 Å². The van der Waals surface area contributed by atoms with E-state index in [0.717, 1.165) is 11.4 Å². The normalized spacial score (nSPS) is 11.8. The van der Waals surface area contributed by atoms with E-state index in [-0.39, 0.29) is 0 Å². The molecule has 10 aromatic rings. The van der Waals surface area contributed by atoms with Crippen molar-refractivity contribution in [3.05, 3.63) is 182 Å². The Morgan fingerprint density at radius 1 is 0.354 bits per heavy atom. The zero-order valence-corrected chi connectivity index (χ0v) is 26.2. The van der Waals surface area contributed by atoms with Crippen LogP contribution < -0.4 is 0 Å². The molecule has 2 heterocycles. The third-order valence-corrected chi connectivity index (χ3v) is 9.90. The molecule has 0 aliphatic rings. The second-order valence-corrected chi connectivity index (χ2v) is 12.6. The Kier molecular flexibility index (Phi) is 5.91. The standard InChI is InChI=1S/C46H30N2/c1-3-13-31(14-4-1)42-30-47(35-17-5-2-6-18-35)45-41(42)28-27-40-39-21-11-12-22-43(39)48(46(40)45)36-25-23-32(24-26-36)44-37-19-9-7-15-33(37)29-34-16-8-10-20-38(34)44/h1-30H. The number of benzene rings is 8. The van der Waals surface area contributed by atoms with Gasteiger partial charge in [-0.05, 0) is 74.6 Å². The lowest BCUT2D eigenvalue weighted by molar-refractivity contribution is 1.12. The number of nitrogens with zero attached hydrogens (tertiary/aromatic N) is 2. The van der Waals surface area contributed by atoms with Crippen LogP contribution in [-0.2, 0) is 0 Å². The Labute approximate surface area is 278 Å². The molecular formula is C46H30N2. The van der Waals surface area contributed by atoms with Gasteiger partial charge in [0.15, 0.2) is 0 Å². The first-order chi connectivity index (χ1) is 23.8. The minimum Gasteiger partial charge on any atom is -0.314 e. The largest absolute Gasteiger partial charge is 0.314 e. The number of hydrogen-bond acceptors (Lipinski definition) is 0. The molecule has 0 aliphatic carbocycles. The van der Waals surface area contributed by atoms with Gasteiger partial charge in [-0.15, -0.1) is 0 Å². The lowest BCUT2D eigenvalue weighted by Gasteiger charge is -2.14. The average molecular weight is 611 g/mol. The number of rotatable bonds is 4. The molecule has 0 aliphatic heterocycles. The fourth-order valence-electron chi connectivity index (χ4n) is 7.77. The molecular weight excluding hydrogens is 581 g/mol. The number of fused-ring (bicyclic) bond motifs is 7. The Morgan fingerprint density at radius 2 is 0.938 bits per heavy atom. The van der Waals surface area contributed by atoms with Crippen molar-refractivity contribution < 1.29 is 0 Å². The Bertz CT molecular complexity index is 2750. The van der Waals surface area contributed by atoms with Crippen LogP contribution in [0.25, 0.3) is 87.9 Å². The highest BCUT2D eigenvalue weighted by Gasteiger charge is 2.21. The van der Waals surface area contributed by atoms with Gasteiger partial charge < -0.3 is 9.13 Å². The van der Waals surface area contributed by atoms with E-state index in [0.29, 0.717) is 0 Å². The fraction of sp³-hybridized carbons (Fsp3) is 0. The molecule has 10 rings (SSSR count). The maximum atomic E-state index is 2.46. The number of hydrogen-bond donors (Lipinski definition) is 0. The van der Waals surface area contributed by atoms with Gasteiger partial charge in [0, 0.05) is 39.3 Å². The van der Waals surface area contributed by atoms with Crippen molar-refractivity contribution in [2.75, 3.05) is 0 Å². The van der Waals surface area contributed by atoms with Crippen LogP contribution in [0, 0.1) is 0 Å². The summed E-state index contributed by atoms with van der Waals surface area (Å²) in [6.45, 7) is 0. The van der Waals surface area contributed by atoms with Crippen LogP contribution in [0.4, 0.5) is 0 Å². The molecule has 8 aromatic carbocycles. The van der Waals surface area contributed by atoms with Gasteiger partial charge in [-0.3, -0.25) is 0 Å². The number of aromatic nitrogens is 2. The van der Waals surface area contributed by atoms with E-state index in [4.69, 9.17) is 0 Å². The molecule has 0 fully saturated rings. The van der Waals surface area contributed by atoms with E-state index in [9.17, 15) is 0 Å². The molecule has 0 bridgehead atoms. The Morgan fingerprint density at radius 3 is 1.65 bits per heavy atom. The molecule has 0 atom stereocenters. The van der Waals surface area contributed by atoms with E-state index in [1.807, 2.05) is 0 Å². The molecule has 0 N–H and O–H groups in total. The smallest absolute Gasteiger partial charge is 0.0788 e. The van der Waals surface area contributed by atoms with Crippen molar-refractivity contribution in [1.82, 2.24) is 9.13 Å². The van der Waals surface area contributed by atoms with Gasteiger partial charge in [0.2, 0.25) is 0 Å². The minimum absolute atomic E-state index is 1.14. The first kappa shape index (κ1) is 26.8. The zero-order valence-electron chi connectivity index (χ0n) is 26.2. The van der Waals surface area contributed by atoms with E-state index in [2.05, 4.69) is 191 Å². The first-order valence-electron chi connectivity index (χ1n) is 16.5. The SMILES string of the molecule is c1ccc(-c2cn(-c3ccccc3)c3c2ccc2c4ccccc4n(-c4ccc(-c5c6ccccc6cc6ccccc56)cc4)c23)cc1. The van der Waals surface area contributed by atoms with Crippen molar-refractivity contribution in [3.63, 3.8) is 0 Å². The topological polar surface area (TPSA) is 9.86 Å². The number of para-hydroxylation sites is 2. The average Bonchev–Trinajstić information content (AvgIpc) is 3.71. The molecule has 0 radical (unpaired) electrons. The van der Waals surface area contributed by atoms with Crippen LogP contribution in [0.15, 0.2) is 182 Å². The third-order valence-electron chi connectivity index (χ3n) is 9.90. The molecule has 0 spiro atoms. The van der Waals surface area contributed by atoms with Gasteiger partial charge >= 0.3 is 0 Å². The van der Waals surface area contributed by atoms with Gasteiger partial charge in [0.1, 0.15) is 0 Å². The van der Waals surface area contributed by atoms with Crippen molar-refractivity contribution in [3.8, 4) is 33.6 Å². The highest BCUT2D eigenvalue weighted by Crippen LogP contribution is 2.42. The van der Waals surface area contributed by atoms with E-state index >= 15 is 0 Å². The van der Waals surface area contributed by atoms with Gasteiger partial charge in [-0.25, -0.2) is 0 Å². The summed E-state index contributed by atoms with van der Waals surface area (Å²) in [7, 11) is 0. The summed E-state index contributed by atoms with van der Waals surface area (Å²) in [5.74, 6) is 0. The van der Waals surface area contributed by atoms with E-state index < -0.39 is 0 Å². The molecule has 48 heavy (non-hydrogen) atoms. The molecule has 224 valence electrons. The summed E-state index contributed by atoms with van der Waals surface area (Å²) in [5.41, 5.74) is 10.8. The maximum absolute atomic E-state index is 2.46. The Balaban J connectivity index is 1.27. The molecule has 0 amide bonds. The van der Waals surface area contributed by atoms with Crippen molar-refractivity contribution >= 4 is 54.3 Å². The molecule has 2 aromatic heterocycles. The Hall–Kier alpha value is -6.38. The second kappa shape index (κ2) is 10.6. The summed E-state index contributed by atoms with van der Waals surface area (Å²) < 4.78 is 4.85. The highest BCUT2D eigenvalue weighted by atomic mass is 15.0. The molecule has 0 saturated carbocycles.